The lowest BCUT2D eigenvalue weighted by atomic mass is 10.1. The van der Waals surface area contributed by atoms with Crippen molar-refractivity contribution in [1.29, 1.82) is 0 Å². The minimum atomic E-state index is 0.260. The van der Waals surface area contributed by atoms with Crippen LogP contribution in [0.4, 0.5) is 0 Å². The molecule has 0 heterocycles. The summed E-state index contributed by atoms with van der Waals surface area (Å²) in [6.45, 7) is 9.72. The zero-order chi connectivity index (χ0) is 10.3. The van der Waals surface area contributed by atoms with E-state index in [2.05, 4.69) is 13.0 Å². The Labute approximate surface area is 81.6 Å². The molecule has 13 heavy (non-hydrogen) atoms. The van der Waals surface area contributed by atoms with Gasteiger partial charge in [-0.25, -0.2) is 0 Å². The molecule has 0 N–H and O–H groups in total. The normalized spacial score (nSPS) is 13.2. The quantitative estimate of drug-likeness (QED) is 0.599. The first-order valence-corrected chi connectivity index (χ1v) is 5.06. The molecule has 0 aliphatic rings. The molecule has 76 valence electrons. The smallest absolute Gasteiger partial charge is 0.223 e. The van der Waals surface area contributed by atoms with Crippen molar-refractivity contribution in [2.24, 2.45) is 5.92 Å². The van der Waals surface area contributed by atoms with Crippen LogP contribution < -0.4 is 0 Å². The summed E-state index contributed by atoms with van der Waals surface area (Å²) in [6.07, 6.45) is 4.70. The van der Waals surface area contributed by atoms with Crippen molar-refractivity contribution in [3.8, 4) is 0 Å². The van der Waals surface area contributed by atoms with Crippen LogP contribution in [0.3, 0.4) is 0 Å². The average molecular weight is 183 g/mol. The predicted molar refractivity (Wildman–Crippen MR) is 56.5 cm³/mol. The van der Waals surface area contributed by atoms with Gasteiger partial charge >= 0.3 is 0 Å². The second-order valence-corrected chi connectivity index (χ2v) is 3.27. The lowest BCUT2D eigenvalue weighted by Gasteiger charge is -2.19. The highest BCUT2D eigenvalue weighted by atomic mass is 16.2. The molecular weight excluding hydrogens is 162 g/mol. The van der Waals surface area contributed by atoms with Crippen LogP contribution in [0.5, 0.6) is 0 Å². The van der Waals surface area contributed by atoms with E-state index in [9.17, 15) is 4.79 Å². The topological polar surface area (TPSA) is 20.3 Å². The lowest BCUT2D eigenvalue weighted by Crippen LogP contribution is -2.31. The van der Waals surface area contributed by atoms with Crippen LogP contribution in [0.1, 0.15) is 34.1 Å². The van der Waals surface area contributed by atoms with Crippen LogP contribution in [0.25, 0.3) is 0 Å². The third-order valence-corrected chi connectivity index (χ3v) is 2.13. The first kappa shape index (κ1) is 12.2. The van der Waals surface area contributed by atoms with Crippen LogP contribution >= 0.6 is 0 Å². The fourth-order valence-corrected chi connectivity index (χ4v) is 1.38. The summed E-state index contributed by atoms with van der Waals surface area (Å²) < 4.78 is 0. The van der Waals surface area contributed by atoms with Crippen molar-refractivity contribution in [1.82, 2.24) is 4.90 Å². The van der Waals surface area contributed by atoms with Crippen LogP contribution in [-0.4, -0.2) is 23.9 Å². The third-order valence-electron chi connectivity index (χ3n) is 2.13. The summed E-state index contributed by atoms with van der Waals surface area (Å²) in [5.74, 6) is 0.619. The van der Waals surface area contributed by atoms with Gasteiger partial charge in [-0.3, -0.25) is 4.79 Å². The molecule has 0 aromatic heterocycles. The zero-order valence-electron chi connectivity index (χ0n) is 9.21. The second-order valence-electron chi connectivity index (χ2n) is 3.27. The van der Waals surface area contributed by atoms with Gasteiger partial charge < -0.3 is 4.90 Å². The Balaban J connectivity index is 3.97. The van der Waals surface area contributed by atoms with Gasteiger partial charge in [0.25, 0.3) is 0 Å². The number of hydrogen-bond acceptors (Lipinski definition) is 1. The van der Waals surface area contributed by atoms with Gasteiger partial charge in [0.2, 0.25) is 5.91 Å². The fraction of sp³-hybridized carbons (Fsp3) is 0.727. The third kappa shape index (κ3) is 4.71. The number of carbonyl (C=O) groups is 1. The molecule has 2 nitrogen and oxygen atoms in total. The number of carbonyl (C=O) groups excluding carboxylic acids is 1. The summed E-state index contributed by atoms with van der Waals surface area (Å²) in [7, 11) is 0. The number of allylic oxidation sites excluding steroid dienone is 2. The summed E-state index contributed by atoms with van der Waals surface area (Å²) in [6, 6.07) is 0. The van der Waals surface area contributed by atoms with Gasteiger partial charge in [0.05, 0.1) is 0 Å². The Hall–Kier alpha value is -0.790. The van der Waals surface area contributed by atoms with Crippen molar-refractivity contribution < 1.29 is 4.79 Å². The van der Waals surface area contributed by atoms with E-state index in [1.165, 1.54) is 0 Å². The SMILES string of the molecule is C/C=C/C(C)CC(=O)N(CC)CC. The van der Waals surface area contributed by atoms with Gasteiger partial charge in [0.15, 0.2) is 0 Å². The lowest BCUT2D eigenvalue weighted by molar-refractivity contribution is -0.131. The van der Waals surface area contributed by atoms with E-state index in [1.54, 1.807) is 0 Å². The molecule has 1 atom stereocenters. The Morgan fingerprint density at radius 1 is 1.38 bits per heavy atom. The van der Waals surface area contributed by atoms with E-state index in [0.29, 0.717) is 12.3 Å². The van der Waals surface area contributed by atoms with E-state index in [-0.39, 0.29) is 5.91 Å². The van der Waals surface area contributed by atoms with Gasteiger partial charge in [-0.1, -0.05) is 19.1 Å². The van der Waals surface area contributed by atoms with Gasteiger partial charge in [-0.2, -0.15) is 0 Å². The summed E-state index contributed by atoms with van der Waals surface area (Å²) in [5, 5.41) is 0. The number of amides is 1. The van der Waals surface area contributed by atoms with Crippen molar-refractivity contribution >= 4 is 5.91 Å². The molecule has 0 aliphatic carbocycles. The van der Waals surface area contributed by atoms with E-state index in [0.717, 1.165) is 13.1 Å². The first-order valence-electron chi connectivity index (χ1n) is 5.06. The molecule has 0 fully saturated rings. The highest BCUT2D eigenvalue weighted by molar-refractivity contribution is 5.76. The summed E-state index contributed by atoms with van der Waals surface area (Å²) in [5.41, 5.74) is 0. The molecule has 0 saturated carbocycles. The molecule has 0 spiro atoms. The van der Waals surface area contributed by atoms with E-state index >= 15 is 0 Å². The van der Waals surface area contributed by atoms with Crippen molar-refractivity contribution in [3.05, 3.63) is 12.2 Å². The number of rotatable bonds is 5. The zero-order valence-corrected chi connectivity index (χ0v) is 9.21. The molecule has 0 saturated heterocycles. The first-order chi connectivity index (χ1) is 6.15. The van der Waals surface area contributed by atoms with Gasteiger partial charge in [-0.05, 0) is 26.7 Å². The Morgan fingerprint density at radius 2 is 1.92 bits per heavy atom. The Bertz CT molecular complexity index is 171. The van der Waals surface area contributed by atoms with Gasteiger partial charge in [0.1, 0.15) is 0 Å². The van der Waals surface area contributed by atoms with E-state index in [4.69, 9.17) is 0 Å². The highest BCUT2D eigenvalue weighted by Crippen LogP contribution is 2.06. The van der Waals surface area contributed by atoms with Crippen molar-refractivity contribution in [3.63, 3.8) is 0 Å². The maximum Gasteiger partial charge on any atom is 0.223 e. The maximum atomic E-state index is 11.6. The minimum Gasteiger partial charge on any atom is -0.343 e. The Morgan fingerprint density at radius 3 is 2.31 bits per heavy atom. The highest BCUT2D eigenvalue weighted by Gasteiger charge is 2.11. The predicted octanol–water partition coefficient (Wildman–Crippen LogP) is 2.46. The monoisotopic (exact) mass is 183 g/mol. The van der Waals surface area contributed by atoms with Crippen LogP contribution in [-0.2, 0) is 4.79 Å². The van der Waals surface area contributed by atoms with E-state index in [1.807, 2.05) is 31.7 Å². The molecule has 1 unspecified atom stereocenters. The van der Waals surface area contributed by atoms with Crippen LogP contribution in [0.2, 0.25) is 0 Å². The second kappa shape index (κ2) is 6.70. The molecule has 0 aromatic rings. The summed E-state index contributed by atoms with van der Waals surface area (Å²) >= 11 is 0. The van der Waals surface area contributed by atoms with E-state index < -0.39 is 0 Å². The molecule has 0 rings (SSSR count). The molecule has 0 aromatic carbocycles. The molecule has 0 aliphatic heterocycles. The average Bonchev–Trinajstić information content (AvgIpc) is 2.06. The van der Waals surface area contributed by atoms with Crippen LogP contribution in [0.15, 0.2) is 12.2 Å². The fourth-order valence-electron chi connectivity index (χ4n) is 1.38. The summed E-state index contributed by atoms with van der Waals surface area (Å²) in [4.78, 5) is 13.5. The van der Waals surface area contributed by atoms with Crippen molar-refractivity contribution in [2.45, 2.75) is 34.1 Å². The number of hydrogen-bond donors (Lipinski definition) is 0. The Kier molecular flexibility index (Phi) is 6.29. The van der Waals surface area contributed by atoms with Crippen LogP contribution in [0, 0.1) is 5.92 Å². The number of nitrogens with zero attached hydrogens (tertiary/aromatic N) is 1. The molecular formula is C11H21NO. The largest absolute Gasteiger partial charge is 0.343 e. The molecule has 2 heteroatoms. The van der Waals surface area contributed by atoms with Gasteiger partial charge in [0, 0.05) is 19.5 Å². The van der Waals surface area contributed by atoms with Crippen molar-refractivity contribution in [2.75, 3.05) is 13.1 Å². The minimum absolute atomic E-state index is 0.260. The van der Waals surface area contributed by atoms with Gasteiger partial charge in [-0.15, -0.1) is 0 Å². The molecule has 0 bridgehead atoms. The maximum absolute atomic E-state index is 11.6. The molecule has 1 amide bonds. The standard InChI is InChI=1S/C11H21NO/c1-5-8-10(4)9-11(13)12(6-2)7-3/h5,8,10H,6-7,9H2,1-4H3/b8-5+. The molecule has 0 radical (unpaired) electrons.